The quantitative estimate of drug-likeness (QED) is 0.758. The molecule has 1 aromatic carbocycles. The van der Waals surface area contributed by atoms with E-state index in [0.29, 0.717) is 18.3 Å². The van der Waals surface area contributed by atoms with Gasteiger partial charge in [-0.3, -0.25) is 0 Å². The van der Waals surface area contributed by atoms with Crippen molar-refractivity contribution in [1.29, 1.82) is 0 Å². The summed E-state index contributed by atoms with van der Waals surface area (Å²) in [4.78, 5) is 9.91. The summed E-state index contributed by atoms with van der Waals surface area (Å²) in [6, 6.07) is 7.80. The maximum Gasteiger partial charge on any atom is 0.225 e. The number of hydrogen-bond acceptors (Lipinski definition) is 6. The van der Waals surface area contributed by atoms with Crippen LogP contribution in [0.3, 0.4) is 0 Å². The predicted octanol–water partition coefficient (Wildman–Crippen LogP) is 3.35. The van der Waals surface area contributed by atoms with E-state index in [9.17, 15) is 0 Å². The fourth-order valence-electron chi connectivity index (χ4n) is 1.89. The Kier molecular flexibility index (Phi) is 3.54. The first-order chi connectivity index (χ1) is 9.63. The molecule has 3 aromatic rings. The first-order valence-corrected chi connectivity index (χ1v) is 7.58. The van der Waals surface area contributed by atoms with Crippen LogP contribution in [0.5, 0.6) is 0 Å². The van der Waals surface area contributed by atoms with Crippen molar-refractivity contribution in [2.75, 3.05) is 11.1 Å². The summed E-state index contributed by atoms with van der Waals surface area (Å²) in [7, 11) is 0. The zero-order chi connectivity index (χ0) is 14.1. The number of fused-ring (bicyclic) bond motifs is 1. The Morgan fingerprint density at radius 2 is 2.20 bits per heavy atom. The van der Waals surface area contributed by atoms with Crippen LogP contribution in [0.25, 0.3) is 10.9 Å². The third-order valence-electron chi connectivity index (χ3n) is 2.80. The van der Waals surface area contributed by atoms with Crippen molar-refractivity contribution in [3.63, 3.8) is 0 Å². The van der Waals surface area contributed by atoms with Crippen molar-refractivity contribution in [3.05, 3.63) is 39.3 Å². The van der Waals surface area contributed by atoms with Crippen molar-refractivity contribution >= 4 is 50.1 Å². The minimum absolute atomic E-state index is 0.472. The molecule has 20 heavy (non-hydrogen) atoms. The van der Waals surface area contributed by atoms with E-state index in [0.717, 1.165) is 25.9 Å². The summed E-state index contributed by atoms with van der Waals surface area (Å²) >= 11 is 4.95. The van der Waals surface area contributed by atoms with Crippen LogP contribution < -0.4 is 11.1 Å². The SMILES string of the molecule is Cc1cc(CNc2nc(N)c3cccc(Br)c3n2)sn1. The van der Waals surface area contributed by atoms with Crippen molar-refractivity contribution in [1.82, 2.24) is 14.3 Å². The van der Waals surface area contributed by atoms with Gasteiger partial charge in [-0.05, 0) is 52.6 Å². The van der Waals surface area contributed by atoms with Gasteiger partial charge in [0.25, 0.3) is 0 Å². The first-order valence-electron chi connectivity index (χ1n) is 6.01. The Morgan fingerprint density at radius 1 is 1.35 bits per heavy atom. The highest BCUT2D eigenvalue weighted by molar-refractivity contribution is 9.10. The minimum Gasteiger partial charge on any atom is -0.383 e. The minimum atomic E-state index is 0.472. The third kappa shape index (κ3) is 2.59. The van der Waals surface area contributed by atoms with Gasteiger partial charge in [0.2, 0.25) is 5.95 Å². The number of nitrogens with two attached hydrogens (primary N) is 1. The second-order valence-corrected chi connectivity index (χ2v) is 6.10. The number of rotatable bonds is 3. The molecule has 3 N–H and O–H groups in total. The predicted molar refractivity (Wildman–Crippen MR) is 85.8 cm³/mol. The van der Waals surface area contributed by atoms with E-state index in [1.807, 2.05) is 31.2 Å². The lowest BCUT2D eigenvalue weighted by molar-refractivity contribution is 1.09. The van der Waals surface area contributed by atoms with Crippen LogP contribution >= 0.6 is 27.5 Å². The van der Waals surface area contributed by atoms with Crippen LogP contribution in [-0.4, -0.2) is 14.3 Å². The molecule has 0 aliphatic rings. The standard InChI is InChI=1S/C13H12BrN5S/c1-7-5-8(20-19-7)6-16-13-17-11-9(12(15)18-13)3-2-4-10(11)14/h2-5H,6H2,1H3,(H3,15,16,17,18). The van der Waals surface area contributed by atoms with E-state index in [2.05, 4.69) is 35.6 Å². The molecule has 5 nitrogen and oxygen atoms in total. The number of para-hydroxylation sites is 1. The van der Waals surface area contributed by atoms with E-state index in [-0.39, 0.29) is 0 Å². The Balaban J connectivity index is 1.90. The first kappa shape index (κ1) is 13.3. The van der Waals surface area contributed by atoms with Gasteiger partial charge >= 0.3 is 0 Å². The number of halogens is 1. The average Bonchev–Trinajstić information content (AvgIpc) is 2.84. The highest BCUT2D eigenvalue weighted by atomic mass is 79.9. The number of anilines is 2. The lowest BCUT2D eigenvalue weighted by Crippen LogP contribution is -2.05. The van der Waals surface area contributed by atoms with Crippen LogP contribution in [0.2, 0.25) is 0 Å². The number of nitrogens with one attached hydrogen (secondary N) is 1. The van der Waals surface area contributed by atoms with E-state index < -0.39 is 0 Å². The Hall–Kier alpha value is -1.73. The molecule has 0 atom stereocenters. The molecular weight excluding hydrogens is 338 g/mol. The molecule has 102 valence electrons. The number of nitrogens with zero attached hydrogens (tertiary/aromatic N) is 3. The van der Waals surface area contributed by atoms with Gasteiger partial charge in [0.15, 0.2) is 0 Å². The molecule has 0 saturated heterocycles. The Bertz CT molecular complexity index is 771. The second-order valence-electron chi connectivity index (χ2n) is 4.36. The van der Waals surface area contributed by atoms with Gasteiger partial charge in [-0.25, -0.2) is 4.98 Å². The molecule has 0 bridgehead atoms. The molecule has 2 aromatic heterocycles. The average molecular weight is 350 g/mol. The summed E-state index contributed by atoms with van der Waals surface area (Å²) < 4.78 is 5.14. The van der Waals surface area contributed by atoms with Crippen LogP contribution in [0, 0.1) is 6.92 Å². The molecule has 0 fully saturated rings. The Morgan fingerprint density at radius 3 is 2.95 bits per heavy atom. The van der Waals surface area contributed by atoms with Crippen molar-refractivity contribution in [2.24, 2.45) is 0 Å². The lowest BCUT2D eigenvalue weighted by atomic mass is 10.2. The fraction of sp³-hybridized carbons (Fsp3) is 0.154. The molecule has 0 aliphatic heterocycles. The van der Waals surface area contributed by atoms with Gasteiger partial charge in [-0.2, -0.15) is 9.36 Å². The summed E-state index contributed by atoms with van der Waals surface area (Å²) in [5, 5.41) is 4.03. The smallest absolute Gasteiger partial charge is 0.225 e. The summed E-state index contributed by atoms with van der Waals surface area (Å²) in [5.74, 6) is 0.993. The maximum atomic E-state index is 5.98. The highest BCUT2D eigenvalue weighted by Gasteiger charge is 2.08. The van der Waals surface area contributed by atoms with Crippen molar-refractivity contribution < 1.29 is 0 Å². The molecular formula is C13H12BrN5S. The van der Waals surface area contributed by atoms with Crippen LogP contribution in [0.4, 0.5) is 11.8 Å². The molecule has 2 heterocycles. The van der Waals surface area contributed by atoms with Crippen LogP contribution in [-0.2, 0) is 6.54 Å². The van der Waals surface area contributed by atoms with Crippen LogP contribution in [0.15, 0.2) is 28.7 Å². The van der Waals surface area contributed by atoms with E-state index in [1.165, 1.54) is 11.5 Å². The molecule has 0 unspecified atom stereocenters. The fourth-order valence-corrected chi connectivity index (χ4v) is 3.01. The molecule has 0 saturated carbocycles. The zero-order valence-corrected chi connectivity index (χ0v) is 13.1. The molecule has 0 spiro atoms. The summed E-state index contributed by atoms with van der Waals surface area (Å²) in [6.45, 7) is 2.61. The normalized spacial score (nSPS) is 10.9. The molecule has 0 amide bonds. The topological polar surface area (TPSA) is 76.7 Å². The van der Waals surface area contributed by atoms with Gasteiger partial charge in [-0.15, -0.1) is 0 Å². The third-order valence-corrected chi connectivity index (χ3v) is 4.32. The van der Waals surface area contributed by atoms with E-state index in [4.69, 9.17) is 5.73 Å². The maximum absolute atomic E-state index is 5.98. The molecule has 7 heteroatoms. The molecule has 0 radical (unpaired) electrons. The summed E-state index contributed by atoms with van der Waals surface area (Å²) in [6.07, 6.45) is 0. The molecule has 0 aliphatic carbocycles. The number of aromatic nitrogens is 3. The monoisotopic (exact) mass is 349 g/mol. The van der Waals surface area contributed by atoms with Gasteiger partial charge in [-0.1, -0.05) is 6.07 Å². The van der Waals surface area contributed by atoms with Crippen LogP contribution in [0.1, 0.15) is 10.6 Å². The zero-order valence-electron chi connectivity index (χ0n) is 10.7. The Labute approximate surface area is 128 Å². The number of aryl methyl sites for hydroxylation is 1. The van der Waals surface area contributed by atoms with Gasteiger partial charge in [0.1, 0.15) is 5.82 Å². The lowest BCUT2D eigenvalue weighted by Gasteiger charge is -2.07. The van der Waals surface area contributed by atoms with Gasteiger partial charge in [0, 0.05) is 14.7 Å². The summed E-state index contributed by atoms with van der Waals surface area (Å²) in [5.41, 5.74) is 7.81. The largest absolute Gasteiger partial charge is 0.383 e. The van der Waals surface area contributed by atoms with Gasteiger partial charge in [0.05, 0.1) is 17.8 Å². The number of nitrogen functional groups attached to an aromatic ring is 1. The number of hydrogen-bond donors (Lipinski definition) is 2. The number of benzene rings is 1. The van der Waals surface area contributed by atoms with Crippen molar-refractivity contribution in [3.8, 4) is 0 Å². The van der Waals surface area contributed by atoms with E-state index >= 15 is 0 Å². The van der Waals surface area contributed by atoms with E-state index in [1.54, 1.807) is 0 Å². The van der Waals surface area contributed by atoms with Crippen molar-refractivity contribution in [2.45, 2.75) is 13.5 Å². The highest BCUT2D eigenvalue weighted by Crippen LogP contribution is 2.26. The van der Waals surface area contributed by atoms with Gasteiger partial charge < -0.3 is 11.1 Å². The second kappa shape index (κ2) is 5.34. The molecule has 3 rings (SSSR count).